The van der Waals surface area contributed by atoms with E-state index >= 15 is 0 Å². The van der Waals surface area contributed by atoms with Gasteiger partial charge in [0.25, 0.3) is 0 Å². The van der Waals surface area contributed by atoms with Crippen LogP contribution in [0.15, 0.2) is 12.7 Å². The van der Waals surface area contributed by atoms with Crippen LogP contribution in [0.3, 0.4) is 0 Å². The lowest BCUT2D eigenvalue weighted by molar-refractivity contribution is -0.107. The highest BCUT2D eigenvalue weighted by molar-refractivity contribution is 8.22. The predicted molar refractivity (Wildman–Crippen MR) is 72.3 cm³/mol. The number of hydrogen-bond donors (Lipinski definition) is 0. The van der Waals surface area contributed by atoms with Gasteiger partial charge >= 0.3 is 0 Å². The minimum Gasteiger partial charge on any atom is -0.282 e. The third kappa shape index (κ3) is 4.80. The van der Waals surface area contributed by atoms with Gasteiger partial charge < -0.3 is 0 Å². The molecule has 1 aliphatic heterocycles. The Kier molecular flexibility index (Phi) is 7.97. The van der Waals surface area contributed by atoms with Crippen LogP contribution < -0.4 is 0 Å². The molecule has 0 aromatic rings. The first-order chi connectivity index (χ1) is 6.26. The molecule has 1 saturated heterocycles. The van der Waals surface area contributed by atoms with Crippen LogP contribution in [-0.4, -0.2) is 26.5 Å². The summed E-state index contributed by atoms with van der Waals surface area (Å²) in [4.78, 5) is 10.9. The molecular formula is C10H18OS3. The highest BCUT2D eigenvalue weighted by Crippen LogP contribution is 2.40. The van der Waals surface area contributed by atoms with Crippen LogP contribution in [0.25, 0.3) is 0 Å². The van der Waals surface area contributed by atoms with Crippen molar-refractivity contribution in [2.45, 2.75) is 30.6 Å². The third-order valence-corrected chi connectivity index (χ3v) is 6.61. The summed E-state index contributed by atoms with van der Waals surface area (Å²) in [7, 11) is 0. The lowest BCUT2D eigenvalue weighted by Crippen LogP contribution is -2.01. The molecule has 0 aliphatic carbocycles. The van der Waals surface area contributed by atoms with Crippen LogP contribution in [0, 0.1) is 0 Å². The Labute approximate surface area is 99.9 Å². The van der Waals surface area contributed by atoms with Crippen molar-refractivity contribution in [1.29, 1.82) is 0 Å². The van der Waals surface area contributed by atoms with E-state index in [9.17, 15) is 4.79 Å². The molecule has 0 spiro atoms. The molecule has 2 atom stereocenters. The molecule has 0 radical (unpaired) electrons. The first kappa shape index (κ1) is 14.5. The van der Waals surface area contributed by atoms with Crippen molar-refractivity contribution in [2.24, 2.45) is 0 Å². The first-order valence-corrected chi connectivity index (χ1v) is 7.30. The zero-order chi connectivity index (χ0) is 9.68. The fourth-order valence-electron chi connectivity index (χ4n) is 1.02. The molecule has 1 heterocycles. The molecule has 0 amide bonds. The van der Waals surface area contributed by atoms with Crippen LogP contribution in [0.5, 0.6) is 0 Å². The van der Waals surface area contributed by atoms with Crippen molar-refractivity contribution in [1.82, 2.24) is 0 Å². The fraction of sp³-hybridized carbons (Fsp3) is 0.700. The minimum absolute atomic E-state index is 0. The van der Waals surface area contributed by atoms with E-state index in [1.807, 2.05) is 23.5 Å². The molecule has 14 heavy (non-hydrogen) atoms. The molecule has 4 heteroatoms. The van der Waals surface area contributed by atoms with Gasteiger partial charge in [-0.3, -0.25) is 4.79 Å². The van der Waals surface area contributed by atoms with Gasteiger partial charge in [-0.05, 0) is 12.5 Å². The van der Waals surface area contributed by atoms with Crippen molar-refractivity contribution in [2.75, 3.05) is 11.5 Å². The molecule has 1 aliphatic rings. The molecule has 1 fully saturated rings. The maximum Gasteiger partial charge on any atom is 0.211 e. The molecule has 0 aromatic carbocycles. The van der Waals surface area contributed by atoms with Crippen LogP contribution in [0.1, 0.15) is 20.8 Å². The van der Waals surface area contributed by atoms with Gasteiger partial charge in [-0.1, -0.05) is 32.7 Å². The average Bonchev–Trinajstić information content (AvgIpc) is 2.61. The molecule has 0 N–H and O–H groups in total. The summed E-state index contributed by atoms with van der Waals surface area (Å²) in [5.74, 6) is 2.17. The SMILES string of the molecule is C.C=CC(=O)SCC1SCC(CC)S1. The molecule has 2 unspecified atom stereocenters. The summed E-state index contributed by atoms with van der Waals surface area (Å²) < 4.78 is 0.610. The summed E-state index contributed by atoms with van der Waals surface area (Å²) in [5, 5.41) is 0.899. The van der Waals surface area contributed by atoms with Gasteiger partial charge in [-0.15, -0.1) is 23.5 Å². The van der Waals surface area contributed by atoms with Crippen molar-refractivity contribution in [3.63, 3.8) is 0 Å². The van der Waals surface area contributed by atoms with Crippen LogP contribution >= 0.6 is 35.3 Å². The minimum atomic E-state index is 0. The number of thioether (sulfide) groups is 3. The van der Waals surface area contributed by atoms with E-state index in [0.717, 1.165) is 11.0 Å². The fourth-order valence-corrected chi connectivity index (χ4v) is 5.40. The van der Waals surface area contributed by atoms with Gasteiger partial charge in [0, 0.05) is 16.8 Å². The lowest BCUT2D eigenvalue weighted by Gasteiger charge is -2.06. The van der Waals surface area contributed by atoms with E-state index in [1.165, 1.54) is 30.0 Å². The van der Waals surface area contributed by atoms with Crippen LogP contribution in [0.2, 0.25) is 0 Å². The highest BCUT2D eigenvalue weighted by atomic mass is 32.2. The van der Waals surface area contributed by atoms with Crippen molar-refractivity contribution < 1.29 is 4.79 Å². The Hall–Kier alpha value is 0.460. The standard InChI is InChI=1S/C9H14OS3.CH4/c1-3-7-5-12-9(13-7)6-11-8(10)4-2;/h4,7,9H,2-3,5-6H2,1H3;1H4. The second-order valence-electron chi connectivity index (χ2n) is 2.76. The smallest absolute Gasteiger partial charge is 0.211 e. The quantitative estimate of drug-likeness (QED) is 0.708. The number of rotatable bonds is 4. The van der Waals surface area contributed by atoms with E-state index in [2.05, 4.69) is 13.5 Å². The molecule has 1 rings (SSSR count). The Bertz CT molecular complexity index is 194. The number of carbonyl (C=O) groups excluding carboxylic acids is 1. The van der Waals surface area contributed by atoms with Crippen molar-refractivity contribution >= 4 is 40.4 Å². The maximum absolute atomic E-state index is 10.9. The molecule has 0 aromatic heterocycles. The number of hydrogen-bond acceptors (Lipinski definition) is 4. The Morgan fingerprint density at radius 1 is 1.71 bits per heavy atom. The average molecular weight is 250 g/mol. The van der Waals surface area contributed by atoms with Gasteiger partial charge in [0.2, 0.25) is 5.12 Å². The van der Waals surface area contributed by atoms with Crippen molar-refractivity contribution in [3.05, 3.63) is 12.7 Å². The van der Waals surface area contributed by atoms with Gasteiger partial charge in [0.15, 0.2) is 0 Å². The zero-order valence-electron chi connectivity index (χ0n) is 7.69. The van der Waals surface area contributed by atoms with E-state index in [4.69, 9.17) is 0 Å². The summed E-state index contributed by atoms with van der Waals surface area (Å²) in [5.41, 5.74) is 0. The maximum atomic E-state index is 10.9. The number of carbonyl (C=O) groups is 1. The van der Waals surface area contributed by atoms with E-state index in [0.29, 0.717) is 4.58 Å². The topological polar surface area (TPSA) is 17.1 Å². The van der Waals surface area contributed by atoms with Crippen molar-refractivity contribution in [3.8, 4) is 0 Å². The first-order valence-electron chi connectivity index (χ1n) is 4.32. The molecule has 82 valence electrons. The van der Waals surface area contributed by atoms with Gasteiger partial charge in [0.05, 0.1) is 4.58 Å². The van der Waals surface area contributed by atoms with E-state index in [1.54, 1.807) is 0 Å². The summed E-state index contributed by atoms with van der Waals surface area (Å²) in [6.45, 7) is 5.68. The largest absolute Gasteiger partial charge is 0.282 e. The Morgan fingerprint density at radius 3 is 2.93 bits per heavy atom. The highest BCUT2D eigenvalue weighted by Gasteiger charge is 2.24. The molecule has 0 saturated carbocycles. The molecule has 0 bridgehead atoms. The normalized spacial score (nSPS) is 25.5. The summed E-state index contributed by atoms with van der Waals surface area (Å²) >= 11 is 5.39. The molecular weight excluding hydrogens is 232 g/mol. The lowest BCUT2D eigenvalue weighted by atomic mass is 10.4. The third-order valence-electron chi connectivity index (χ3n) is 1.80. The van der Waals surface area contributed by atoms with E-state index < -0.39 is 0 Å². The zero-order valence-corrected chi connectivity index (χ0v) is 10.1. The Balaban J connectivity index is 0.00000169. The predicted octanol–water partition coefficient (Wildman–Crippen LogP) is 3.65. The van der Waals surface area contributed by atoms with E-state index in [-0.39, 0.29) is 12.5 Å². The van der Waals surface area contributed by atoms with Gasteiger partial charge in [0.1, 0.15) is 0 Å². The Morgan fingerprint density at radius 2 is 2.43 bits per heavy atom. The summed E-state index contributed by atoms with van der Waals surface area (Å²) in [6, 6.07) is 0. The molecule has 1 nitrogen and oxygen atoms in total. The second kappa shape index (κ2) is 7.71. The monoisotopic (exact) mass is 250 g/mol. The van der Waals surface area contributed by atoms with Crippen LogP contribution in [0.4, 0.5) is 0 Å². The van der Waals surface area contributed by atoms with Crippen LogP contribution in [-0.2, 0) is 4.79 Å². The summed E-state index contributed by atoms with van der Waals surface area (Å²) in [6.07, 6.45) is 2.64. The van der Waals surface area contributed by atoms with Gasteiger partial charge in [-0.25, -0.2) is 0 Å². The van der Waals surface area contributed by atoms with Gasteiger partial charge in [-0.2, -0.15) is 0 Å². The second-order valence-corrected chi connectivity index (χ2v) is 6.83.